The normalized spacial score (nSPS) is 13.2. The summed E-state index contributed by atoms with van der Waals surface area (Å²) < 4.78 is 0. The lowest BCUT2D eigenvalue weighted by molar-refractivity contribution is 0.244. The van der Waals surface area contributed by atoms with Crippen molar-refractivity contribution in [2.75, 3.05) is 0 Å². The molecule has 0 spiro atoms. The van der Waals surface area contributed by atoms with Crippen LogP contribution in [0.5, 0.6) is 0 Å². The maximum atomic E-state index is 12.1. The van der Waals surface area contributed by atoms with Gasteiger partial charge in [0, 0.05) is 6.04 Å². The predicted molar refractivity (Wildman–Crippen MR) is 184 cm³/mol. The second kappa shape index (κ2) is 16.0. The first-order chi connectivity index (χ1) is 18.5. The highest BCUT2D eigenvalue weighted by Crippen LogP contribution is 2.53. The molecule has 0 fully saturated rings. The van der Waals surface area contributed by atoms with Crippen molar-refractivity contribution in [2.24, 2.45) is 5.73 Å². The number of amides is 2. The molecule has 1 rings (SSSR count). The fraction of sp³-hybridized carbons (Fsp3) is 0.457. The first-order valence-corrected chi connectivity index (χ1v) is 19.9. The second-order valence-corrected chi connectivity index (χ2v) is 22.6. The predicted octanol–water partition coefficient (Wildman–Crippen LogP) is 9.92. The molecule has 40 heavy (non-hydrogen) atoms. The van der Waals surface area contributed by atoms with Gasteiger partial charge in [-0.3, -0.25) is 0 Å². The molecule has 2 amide bonds. The van der Waals surface area contributed by atoms with Crippen LogP contribution in [-0.4, -0.2) is 28.2 Å². The molecule has 0 radical (unpaired) electrons. The summed E-state index contributed by atoms with van der Waals surface area (Å²) in [5.74, 6) is 0. The van der Waals surface area contributed by atoms with Gasteiger partial charge in [0.2, 0.25) is 0 Å². The Morgan fingerprint density at radius 1 is 0.725 bits per heavy atom. The molecule has 0 saturated carbocycles. The maximum absolute atomic E-state index is 12.1. The zero-order chi connectivity index (χ0) is 30.7. The highest BCUT2D eigenvalue weighted by Gasteiger charge is 2.53. The quantitative estimate of drug-likeness (QED) is 0.125. The number of urea groups is 1. The third-order valence-corrected chi connectivity index (χ3v) is 22.6. The third kappa shape index (κ3) is 11.5. The average molecular weight is 577 g/mol. The van der Waals surface area contributed by atoms with Crippen LogP contribution in [0.3, 0.4) is 0 Å². The van der Waals surface area contributed by atoms with E-state index in [9.17, 15) is 4.79 Å². The summed E-state index contributed by atoms with van der Waals surface area (Å²) in [7, 11) is -4.39. The van der Waals surface area contributed by atoms with Gasteiger partial charge in [0.25, 0.3) is 0 Å². The number of hydrogen-bond acceptors (Lipinski definition) is 1. The van der Waals surface area contributed by atoms with Gasteiger partial charge in [0.05, 0.1) is 16.1 Å². The van der Waals surface area contributed by atoms with Crippen molar-refractivity contribution >= 4 is 22.2 Å². The minimum Gasteiger partial charge on any atom is -0.352 e. The number of allylic oxidation sites excluding steroid dienone is 6. The molecule has 1 aromatic carbocycles. The molecule has 0 aliphatic heterocycles. The van der Waals surface area contributed by atoms with Crippen molar-refractivity contribution in [3.63, 3.8) is 0 Å². The van der Waals surface area contributed by atoms with E-state index >= 15 is 0 Å². The molecule has 1 aromatic rings. The van der Waals surface area contributed by atoms with Crippen LogP contribution in [0.4, 0.5) is 4.79 Å². The van der Waals surface area contributed by atoms with E-state index in [1.807, 2.05) is 18.2 Å². The van der Waals surface area contributed by atoms with Crippen molar-refractivity contribution in [1.82, 2.24) is 5.32 Å². The SMILES string of the molecule is C=C(C)C[Si](CCC(Cc1ccccc1)NC(N)=O)(CC(=C)C)C(C(=C)C)[Si](CC(=C)C)(CC(=C)C)CC(=C)C. The number of rotatable bonds is 19. The Balaban J connectivity index is 3.86. The van der Waals surface area contributed by atoms with E-state index in [0.29, 0.717) is 5.16 Å². The van der Waals surface area contributed by atoms with Crippen LogP contribution < -0.4 is 11.1 Å². The van der Waals surface area contributed by atoms with Crippen molar-refractivity contribution in [1.29, 1.82) is 0 Å². The Hall–Kier alpha value is -2.64. The van der Waals surface area contributed by atoms with Gasteiger partial charge in [-0.1, -0.05) is 69.8 Å². The van der Waals surface area contributed by atoms with E-state index in [0.717, 1.165) is 49.1 Å². The minimum absolute atomic E-state index is 0.0488. The number of hydrogen-bond donors (Lipinski definition) is 2. The van der Waals surface area contributed by atoms with Crippen LogP contribution in [0.25, 0.3) is 0 Å². The van der Waals surface area contributed by atoms with E-state index in [4.69, 9.17) is 12.3 Å². The number of carbonyl (C=O) groups is 1. The molecule has 0 aliphatic rings. The van der Waals surface area contributed by atoms with Crippen LogP contribution in [-0.2, 0) is 6.42 Å². The van der Waals surface area contributed by atoms with Gasteiger partial charge in [0.1, 0.15) is 0 Å². The number of nitrogens with one attached hydrogen (secondary N) is 1. The Bertz CT molecular complexity index is 1040. The summed E-state index contributed by atoms with van der Waals surface area (Å²) in [5.41, 5.74) is 14.3. The first kappa shape index (κ1) is 35.4. The van der Waals surface area contributed by atoms with Crippen LogP contribution in [0.2, 0.25) is 41.4 Å². The molecule has 0 aromatic heterocycles. The van der Waals surface area contributed by atoms with E-state index in [-0.39, 0.29) is 6.04 Å². The summed E-state index contributed by atoms with van der Waals surface area (Å²) in [6.07, 6.45) is 1.60. The molecule has 2 unspecified atom stereocenters. The Labute approximate surface area is 248 Å². The molecule has 220 valence electrons. The third-order valence-electron chi connectivity index (χ3n) is 7.65. The van der Waals surface area contributed by atoms with Gasteiger partial charge >= 0.3 is 6.03 Å². The summed E-state index contributed by atoms with van der Waals surface area (Å²) >= 11 is 0. The van der Waals surface area contributed by atoms with Gasteiger partial charge in [-0.15, -0.1) is 39.5 Å². The molecule has 2 atom stereocenters. The highest BCUT2D eigenvalue weighted by molar-refractivity contribution is 7.01. The van der Waals surface area contributed by atoms with Crippen molar-refractivity contribution in [3.8, 4) is 0 Å². The fourth-order valence-electron chi connectivity index (χ4n) is 7.57. The van der Waals surface area contributed by atoms with Crippen molar-refractivity contribution < 1.29 is 4.79 Å². The summed E-state index contributed by atoms with van der Waals surface area (Å²) in [6, 6.07) is 15.9. The minimum atomic E-state index is -2.23. The lowest BCUT2D eigenvalue weighted by atomic mass is 10.0. The second-order valence-electron chi connectivity index (χ2n) is 13.1. The average Bonchev–Trinajstić information content (AvgIpc) is 2.75. The largest absolute Gasteiger partial charge is 0.352 e. The highest BCUT2D eigenvalue weighted by atomic mass is 28.4. The van der Waals surface area contributed by atoms with E-state index < -0.39 is 22.2 Å². The molecule has 0 bridgehead atoms. The van der Waals surface area contributed by atoms with E-state index in [1.54, 1.807) is 0 Å². The van der Waals surface area contributed by atoms with Crippen LogP contribution in [0, 0.1) is 0 Å². The monoisotopic (exact) mass is 576 g/mol. The Morgan fingerprint density at radius 3 is 1.48 bits per heavy atom. The molecular weight excluding hydrogens is 521 g/mol. The smallest absolute Gasteiger partial charge is 0.312 e. The fourth-order valence-corrected chi connectivity index (χ4v) is 25.9. The van der Waals surface area contributed by atoms with Gasteiger partial charge in [-0.25, -0.2) is 4.79 Å². The Kier molecular flexibility index (Phi) is 14.1. The lowest BCUT2D eigenvalue weighted by Crippen LogP contribution is -2.56. The lowest BCUT2D eigenvalue weighted by Gasteiger charge is -2.52. The van der Waals surface area contributed by atoms with Crippen molar-refractivity contribution in [3.05, 3.63) is 109 Å². The van der Waals surface area contributed by atoms with E-state index in [1.165, 1.54) is 39.0 Å². The number of benzene rings is 1. The molecular formula is C35H56N2OSi2. The van der Waals surface area contributed by atoms with Crippen molar-refractivity contribution in [2.45, 2.75) is 102 Å². The zero-order valence-electron chi connectivity index (χ0n) is 26.4. The van der Waals surface area contributed by atoms with Crippen LogP contribution >= 0.6 is 0 Å². The molecule has 0 saturated heterocycles. The summed E-state index contributed by atoms with van der Waals surface area (Å²) in [5, 5.41) is 3.47. The van der Waals surface area contributed by atoms with Gasteiger partial charge < -0.3 is 11.1 Å². The first-order valence-electron chi connectivity index (χ1n) is 14.5. The van der Waals surface area contributed by atoms with Crippen LogP contribution in [0.1, 0.15) is 53.5 Å². The number of primary amides is 1. The zero-order valence-corrected chi connectivity index (χ0v) is 28.4. The summed E-state index contributed by atoms with van der Waals surface area (Å²) in [4.78, 5) is 12.1. The maximum Gasteiger partial charge on any atom is 0.312 e. The standard InChI is InChI=1S/C35H56N2OSi2/c1-26(2)21-39(22-27(3)4,19-18-33(37-35(36)38)20-32-16-14-13-15-17-32)34(31(11)12)40(23-28(5)6,24-29(7)8)25-30(9)10/h13-17,33-34H,1,3,5,7,9,11,18-25H2,2,4,6,8,10,12H3,(H3,36,37,38). The Morgan fingerprint density at radius 2 is 1.12 bits per heavy atom. The van der Waals surface area contributed by atoms with Gasteiger partial charge in [0.15, 0.2) is 0 Å². The number of nitrogens with two attached hydrogens (primary N) is 1. The van der Waals surface area contributed by atoms with Crippen LogP contribution in [0.15, 0.2) is 103 Å². The van der Waals surface area contributed by atoms with Gasteiger partial charge in [-0.05, 0) is 95.3 Å². The molecule has 0 aliphatic carbocycles. The van der Waals surface area contributed by atoms with Gasteiger partial charge in [-0.2, -0.15) is 0 Å². The molecule has 0 heterocycles. The molecule has 3 N–H and O–H groups in total. The number of carbonyl (C=O) groups excluding carboxylic acids is 1. The molecule has 5 heteroatoms. The summed E-state index contributed by atoms with van der Waals surface area (Å²) in [6.45, 7) is 39.9. The molecule has 3 nitrogen and oxygen atoms in total. The van der Waals surface area contributed by atoms with E-state index in [2.05, 4.69) is 91.9 Å². The topological polar surface area (TPSA) is 55.1 Å².